The minimum absolute atomic E-state index is 0. The largest absolute Gasteiger partial charge is 0.488 e. The molecule has 0 saturated heterocycles. The minimum Gasteiger partial charge on any atom is -0.390 e. The Balaban J connectivity index is -0.00000132. The molecule has 0 rings (SSSR count). The maximum Gasteiger partial charge on any atom is 0.488 e. The zero-order valence-electron chi connectivity index (χ0n) is 30.3. The Morgan fingerprint density at radius 3 is 1.03 bits per heavy atom. The van der Waals surface area contributed by atoms with Crippen molar-refractivity contribution in [2.45, 2.75) is 147 Å². The summed E-state index contributed by atoms with van der Waals surface area (Å²) in [4.78, 5) is 38.9. The summed E-state index contributed by atoms with van der Waals surface area (Å²) < 4.78 is 388. The van der Waals surface area contributed by atoms with Crippen molar-refractivity contribution in [3.8, 4) is 0 Å². The van der Waals surface area contributed by atoms with Gasteiger partial charge in [-0.2, -0.15) is 123 Å². The second-order valence-electron chi connectivity index (χ2n) is 12.9. The van der Waals surface area contributed by atoms with Crippen LogP contribution in [0.15, 0.2) is 11.9 Å². The number of hydrogen-bond donors (Lipinski definition) is 7. The maximum absolute atomic E-state index is 13.9. The number of nitrogens with one attached hydrogen (secondary N) is 3. The number of rotatable bonds is 27. The highest BCUT2D eigenvalue weighted by molar-refractivity contribution is 6.72. The topological polar surface area (TPSA) is 126 Å². The van der Waals surface area contributed by atoms with E-state index in [-0.39, 0.29) is 70.7 Å². The van der Waals surface area contributed by atoms with Crippen LogP contribution in [0.3, 0.4) is 0 Å². The third-order valence-electron chi connectivity index (χ3n) is 7.96. The molecule has 0 aromatic carbocycles. The smallest absolute Gasteiger partial charge is 0.390 e. The zero-order valence-corrected chi connectivity index (χ0v) is 32.3. The number of hydrogen-bond acceptors (Lipinski definition) is 8. The minimum atomic E-state index is -8.62. The molecule has 0 aliphatic rings. The second-order valence-corrected chi connectivity index (χ2v) is 17.7. The molecule has 432 valence electrons. The Morgan fingerprint density at radius 2 is 0.671 bits per heavy atom. The Labute approximate surface area is 382 Å². The van der Waals surface area contributed by atoms with Crippen molar-refractivity contribution in [1.82, 2.24) is 16.0 Å². The molecule has 0 unspecified atom stereocenters. The Morgan fingerprint density at radius 1 is 0.386 bits per heavy atom. The van der Waals surface area contributed by atoms with Gasteiger partial charge in [0.15, 0.2) is 5.83 Å². The molecule has 8 nitrogen and oxygen atoms in total. The lowest BCUT2D eigenvalue weighted by Crippen LogP contribution is -2.72. The van der Waals surface area contributed by atoms with Crippen molar-refractivity contribution in [3.05, 3.63) is 11.9 Å². The van der Waals surface area contributed by atoms with Crippen molar-refractivity contribution in [1.29, 1.82) is 0 Å². The summed E-state index contributed by atoms with van der Waals surface area (Å²) in [6.45, 7) is -2.94. The van der Waals surface area contributed by atoms with Crippen molar-refractivity contribution in [3.63, 3.8) is 0 Å². The molecule has 0 aromatic heterocycles. The molecule has 39 heteroatoms. The van der Waals surface area contributed by atoms with Gasteiger partial charge in [0.1, 0.15) is 0 Å². The summed E-state index contributed by atoms with van der Waals surface area (Å²) >= 11 is 0. The van der Waals surface area contributed by atoms with Gasteiger partial charge in [-0.25, -0.2) is 4.39 Å². The van der Waals surface area contributed by atoms with Gasteiger partial charge in [0.05, 0.1) is 0 Å². The van der Waals surface area contributed by atoms with Crippen LogP contribution in [-0.4, -0.2) is 154 Å². The Bertz CT molecular complexity index is 1560. The van der Waals surface area contributed by atoms with Crippen LogP contribution in [0.2, 0.25) is 12.1 Å². The van der Waals surface area contributed by atoms with E-state index in [1.165, 1.54) is 0 Å². The summed E-state index contributed by atoms with van der Waals surface area (Å²) in [6.07, 6.45) is -19.9. The quantitative estimate of drug-likeness (QED) is 0.0246. The number of alkyl halides is 28. The van der Waals surface area contributed by atoms with Gasteiger partial charge in [-0.05, 0) is 19.0 Å². The summed E-state index contributed by atoms with van der Waals surface area (Å²) in [5.41, 5.74) is 0. The normalized spacial score (nSPS) is 14.8. The van der Waals surface area contributed by atoms with Crippen LogP contribution in [0.5, 0.6) is 0 Å². The first-order valence-electron chi connectivity index (χ1n) is 16.2. The monoisotopic (exact) mass is 1150 g/mol. The Hall–Kier alpha value is -2.18. The molecule has 0 spiro atoms. The van der Waals surface area contributed by atoms with E-state index in [1.807, 2.05) is 5.32 Å². The zero-order chi connectivity index (χ0) is 51.7. The van der Waals surface area contributed by atoms with Gasteiger partial charge < -0.3 is 39.2 Å². The van der Waals surface area contributed by atoms with Gasteiger partial charge in [-0.15, -0.1) is 0 Å². The van der Waals surface area contributed by atoms with Gasteiger partial charge in [0.2, 0.25) is 0 Å². The molecule has 0 aromatic rings. The number of allylic oxidation sites excluding steroid dienone is 1. The highest BCUT2D eigenvalue weighted by Gasteiger charge is 2.94. The van der Waals surface area contributed by atoms with E-state index in [4.69, 9.17) is 0 Å². The van der Waals surface area contributed by atoms with E-state index in [0.29, 0.717) is 0 Å². The van der Waals surface area contributed by atoms with Crippen molar-refractivity contribution in [2.24, 2.45) is 0 Å². The van der Waals surface area contributed by atoms with Gasteiger partial charge >= 0.3 is 95.1 Å². The van der Waals surface area contributed by atoms with Crippen LogP contribution >= 0.6 is 0 Å². The van der Waals surface area contributed by atoms with Crippen LogP contribution in [0, 0.1) is 0 Å². The summed E-state index contributed by atoms with van der Waals surface area (Å²) in [6, 6.07) is -3.46. The lowest BCUT2D eigenvalue weighted by atomic mass is 9.90. The van der Waals surface area contributed by atoms with Crippen molar-refractivity contribution < 1.29 is 151 Å². The summed E-state index contributed by atoms with van der Waals surface area (Å²) in [7, 11) is -11.6. The molecule has 0 amide bonds. The second kappa shape index (κ2) is 25.9. The lowest BCUT2D eigenvalue weighted by molar-refractivity contribution is -0.450. The predicted molar refractivity (Wildman–Crippen MR) is 195 cm³/mol. The first-order valence-corrected chi connectivity index (χ1v) is 20.2. The van der Waals surface area contributed by atoms with Crippen LogP contribution in [0.1, 0.15) is 57.4 Å². The molecule has 0 aliphatic heterocycles. The first-order chi connectivity index (χ1) is 27.8. The summed E-state index contributed by atoms with van der Waals surface area (Å²) in [5, 5.41) is 6.80. The molecule has 0 fully saturated rings. The molecular weight excluding hydrogens is 1100 g/mol. The van der Waals surface area contributed by atoms with E-state index in [0.717, 1.165) is 0 Å². The van der Waals surface area contributed by atoms with E-state index >= 15 is 0 Å². The fourth-order valence-corrected chi connectivity index (χ4v) is 8.39. The van der Waals surface area contributed by atoms with Gasteiger partial charge in [0.25, 0.3) is 0 Å². The molecular formula is C31H52F29N3O5Si2. The molecule has 0 aliphatic carbocycles. The van der Waals surface area contributed by atoms with Gasteiger partial charge in [-0.1, -0.05) is 44.6 Å². The average molecular weight is 1150 g/mol. The molecule has 0 heterocycles. The van der Waals surface area contributed by atoms with Crippen molar-refractivity contribution in [2.75, 3.05) is 39.3 Å². The SMILES string of the molecule is C.C.C.C.C.C.O[Si](O)(CCCNCCNCCNC/C=C(\F)C(F)(F)C(F)(F)C(F)(F)C(F)(F)C(F)(F)C(F)(F)C(F)(F)F)O[Si](O)(O)CCC(F)(F)C(F)(F)C(F)(F)C(F)(F)C(F)(F)C(F)(F)F. The first kappa shape index (κ1) is 81.9. The van der Waals surface area contributed by atoms with E-state index in [9.17, 15) is 147 Å². The molecule has 0 atom stereocenters. The predicted octanol–water partition coefficient (Wildman–Crippen LogP) is 11.2. The fraction of sp³-hybridized carbons (Fsp3) is 0.935. The van der Waals surface area contributed by atoms with Crippen LogP contribution < -0.4 is 16.0 Å². The summed E-state index contributed by atoms with van der Waals surface area (Å²) in [5.74, 6) is -92.0. The van der Waals surface area contributed by atoms with Gasteiger partial charge in [-0.3, -0.25) is 0 Å². The molecule has 0 bridgehead atoms. The van der Waals surface area contributed by atoms with E-state index in [1.54, 1.807) is 0 Å². The lowest BCUT2D eigenvalue weighted by Gasteiger charge is -2.41. The number of halogens is 29. The standard InChI is InChI=1S/C25H28F29N3O5Si2.6CH4/c26-12(14(29,30)16(33,34)18(37,38)19(39,40)21(43,44)23(47,48)25(52,53)54)2-5-56-7-9-57-8-6-55-4-1-10-63(58,59)62-64(60,61)11-3-13(27,28)15(31,32)17(35,36)20(41,42)22(45,46)24(49,50)51;;;;;;/h2,55-61H,1,3-11H2;6*1H4/b12-2-;;;;;;. The van der Waals surface area contributed by atoms with Crippen LogP contribution in [-0.2, 0) is 4.12 Å². The highest BCUT2D eigenvalue weighted by Crippen LogP contribution is 2.64. The average Bonchev–Trinajstić information content (AvgIpc) is 3.08. The fourth-order valence-electron chi connectivity index (χ4n) is 4.20. The van der Waals surface area contributed by atoms with Crippen LogP contribution in [0.25, 0.3) is 0 Å². The third-order valence-corrected chi connectivity index (χ3v) is 12.5. The van der Waals surface area contributed by atoms with Crippen LogP contribution in [0.4, 0.5) is 127 Å². The maximum atomic E-state index is 13.9. The van der Waals surface area contributed by atoms with Crippen molar-refractivity contribution >= 4 is 17.6 Å². The van der Waals surface area contributed by atoms with Gasteiger partial charge in [0, 0.05) is 51.2 Å². The van der Waals surface area contributed by atoms with E-state index < -0.39 is 145 Å². The van der Waals surface area contributed by atoms with E-state index in [2.05, 4.69) is 14.7 Å². The molecule has 7 N–H and O–H groups in total. The molecule has 0 radical (unpaired) electrons. The highest BCUT2D eigenvalue weighted by atomic mass is 28.5. The Kier molecular flexibility index (Phi) is 30.2. The third kappa shape index (κ3) is 15.9. The molecule has 70 heavy (non-hydrogen) atoms. The molecule has 0 saturated carbocycles.